The number of nitrogens with zero attached hydrogens (tertiary/aromatic N) is 2. The van der Waals surface area contributed by atoms with Crippen molar-refractivity contribution in [1.29, 1.82) is 0 Å². The number of aromatic nitrogens is 2. The highest BCUT2D eigenvalue weighted by molar-refractivity contribution is 6.92. The number of aryl methyl sites for hydroxylation is 1. The van der Waals surface area contributed by atoms with Gasteiger partial charge in [0.25, 0.3) is 0 Å². The summed E-state index contributed by atoms with van der Waals surface area (Å²) < 4.78 is 12.2. The van der Waals surface area contributed by atoms with Crippen molar-refractivity contribution in [2.45, 2.75) is 51.8 Å². The minimum atomic E-state index is -2.14. The zero-order valence-corrected chi connectivity index (χ0v) is 21.9. The fourth-order valence-electron chi connectivity index (χ4n) is 3.67. The van der Waals surface area contributed by atoms with Crippen LogP contribution in [-0.4, -0.2) is 32.8 Å². The second kappa shape index (κ2) is 11.0. The molecule has 0 amide bonds. The van der Waals surface area contributed by atoms with Gasteiger partial charge < -0.3 is 14.6 Å². The van der Waals surface area contributed by atoms with Gasteiger partial charge in [0.1, 0.15) is 6.61 Å². The number of hydrogen-bond donors (Lipinski definition) is 1. The average molecular weight is 480 g/mol. The van der Waals surface area contributed by atoms with E-state index in [0.717, 1.165) is 34.6 Å². The van der Waals surface area contributed by atoms with E-state index in [1.54, 1.807) is 0 Å². The first kappa shape index (κ1) is 25.0. The van der Waals surface area contributed by atoms with Crippen molar-refractivity contribution < 1.29 is 13.6 Å². The molecule has 2 aromatic carbocycles. The van der Waals surface area contributed by atoms with E-state index in [4.69, 9.17) is 14.6 Å². The average Bonchev–Trinajstić information content (AvgIpc) is 2.82. The Kier molecular flexibility index (Phi) is 8.31. The van der Waals surface area contributed by atoms with E-state index in [1.165, 1.54) is 0 Å². The molecule has 1 heterocycles. The molecule has 0 fully saturated rings. The molecule has 174 valence electrons. The number of carbonyl (C=O) groups excluding carboxylic acids is 1. The SMILES string of the molecule is C[Si](C)(CCc1ccc(CN)nn1)O[Si](C)(C)c1ccc(C(=O)OCc2ccccc2)cc1. The zero-order chi connectivity index (χ0) is 23.9. The molecule has 0 aliphatic rings. The van der Waals surface area contributed by atoms with Gasteiger partial charge in [-0.05, 0) is 73.7 Å². The predicted octanol–water partition coefficient (Wildman–Crippen LogP) is 4.17. The van der Waals surface area contributed by atoms with Crippen LogP contribution < -0.4 is 10.9 Å². The lowest BCUT2D eigenvalue weighted by Crippen LogP contribution is -2.52. The Labute approximate surface area is 198 Å². The number of ether oxygens (including phenoxy) is 1. The van der Waals surface area contributed by atoms with Crippen molar-refractivity contribution in [2.24, 2.45) is 5.73 Å². The van der Waals surface area contributed by atoms with E-state index in [2.05, 4.69) is 36.4 Å². The summed E-state index contributed by atoms with van der Waals surface area (Å²) in [7, 11) is -4.07. The van der Waals surface area contributed by atoms with Gasteiger partial charge >= 0.3 is 5.97 Å². The van der Waals surface area contributed by atoms with Gasteiger partial charge in [-0.1, -0.05) is 42.5 Å². The van der Waals surface area contributed by atoms with Gasteiger partial charge in [-0.15, -0.1) is 0 Å². The molecule has 6 nitrogen and oxygen atoms in total. The lowest BCUT2D eigenvalue weighted by atomic mass is 10.2. The summed E-state index contributed by atoms with van der Waals surface area (Å²) in [6, 6.07) is 22.3. The molecule has 0 aliphatic heterocycles. The molecule has 3 aromatic rings. The quantitative estimate of drug-likeness (QED) is 0.347. The molecule has 33 heavy (non-hydrogen) atoms. The third kappa shape index (κ3) is 7.43. The molecule has 0 radical (unpaired) electrons. The third-order valence-corrected chi connectivity index (χ3v) is 13.0. The van der Waals surface area contributed by atoms with Gasteiger partial charge in [-0.3, -0.25) is 0 Å². The van der Waals surface area contributed by atoms with E-state index in [9.17, 15) is 4.79 Å². The maximum atomic E-state index is 12.4. The number of rotatable bonds is 10. The van der Waals surface area contributed by atoms with Crippen molar-refractivity contribution in [1.82, 2.24) is 10.2 Å². The number of benzene rings is 2. The Morgan fingerprint density at radius 3 is 2.12 bits per heavy atom. The van der Waals surface area contributed by atoms with Gasteiger partial charge in [0, 0.05) is 6.54 Å². The van der Waals surface area contributed by atoms with Crippen LogP contribution in [0.4, 0.5) is 0 Å². The van der Waals surface area contributed by atoms with Crippen LogP contribution in [0.25, 0.3) is 0 Å². The van der Waals surface area contributed by atoms with Crippen LogP contribution in [0.3, 0.4) is 0 Å². The van der Waals surface area contributed by atoms with Crippen molar-refractivity contribution in [3.05, 3.63) is 89.2 Å². The number of nitrogens with two attached hydrogens (primary N) is 1. The summed E-state index contributed by atoms with van der Waals surface area (Å²) in [4.78, 5) is 12.4. The fourth-order valence-corrected chi connectivity index (χ4v) is 11.9. The number of esters is 1. The minimum Gasteiger partial charge on any atom is -0.457 e. The standard InChI is InChI=1S/C25H33N3O3Si2/c1-32(2,17-16-22-12-13-23(18-26)28-27-22)31-33(3,4)24-14-10-21(11-15-24)25(29)30-19-20-8-6-5-7-9-20/h5-15H,16-19,26H2,1-4H3. The van der Waals surface area contributed by atoms with Gasteiger partial charge in [-0.25, -0.2) is 4.79 Å². The van der Waals surface area contributed by atoms with E-state index in [0.29, 0.717) is 12.1 Å². The molecule has 0 saturated heterocycles. The highest BCUT2D eigenvalue weighted by Crippen LogP contribution is 2.21. The third-order valence-electron chi connectivity index (χ3n) is 5.53. The Morgan fingerprint density at radius 2 is 1.52 bits per heavy atom. The molecule has 0 unspecified atom stereocenters. The second-order valence-electron chi connectivity index (χ2n) is 9.23. The lowest BCUT2D eigenvalue weighted by Gasteiger charge is -2.34. The Bertz CT molecular complexity index is 1040. The molecule has 8 heteroatoms. The highest BCUT2D eigenvalue weighted by Gasteiger charge is 2.34. The van der Waals surface area contributed by atoms with Crippen molar-refractivity contribution in [3.63, 3.8) is 0 Å². The van der Waals surface area contributed by atoms with E-state index in [-0.39, 0.29) is 12.6 Å². The van der Waals surface area contributed by atoms with Crippen LogP contribution in [0.15, 0.2) is 66.7 Å². The molecule has 2 N–H and O–H groups in total. The van der Waals surface area contributed by atoms with Crippen molar-refractivity contribution in [3.8, 4) is 0 Å². The predicted molar refractivity (Wildman–Crippen MR) is 136 cm³/mol. The lowest BCUT2D eigenvalue weighted by molar-refractivity contribution is 0.0472. The molecule has 0 atom stereocenters. The van der Waals surface area contributed by atoms with Crippen LogP contribution in [0.2, 0.25) is 32.2 Å². The van der Waals surface area contributed by atoms with Crippen LogP contribution in [0, 0.1) is 0 Å². The summed E-state index contributed by atoms with van der Waals surface area (Å²) in [5, 5.41) is 9.58. The maximum Gasteiger partial charge on any atom is 0.338 e. The minimum absolute atomic E-state index is 0.268. The highest BCUT2D eigenvalue weighted by atomic mass is 28.4. The second-order valence-corrected chi connectivity index (χ2v) is 17.7. The van der Waals surface area contributed by atoms with Gasteiger partial charge in [0.15, 0.2) is 8.32 Å². The monoisotopic (exact) mass is 479 g/mol. The summed E-state index contributed by atoms with van der Waals surface area (Å²) in [5.74, 6) is -0.317. The first-order valence-electron chi connectivity index (χ1n) is 11.2. The van der Waals surface area contributed by atoms with Crippen LogP contribution in [0.1, 0.15) is 27.3 Å². The van der Waals surface area contributed by atoms with Crippen LogP contribution in [0.5, 0.6) is 0 Å². The summed E-state index contributed by atoms with van der Waals surface area (Å²) in [5.41, 5.74) is 8.88. The Balaban J connectivity index is 1.57. The van der Waals surface area contributed by atoms with Crippen molar-refractivity contribution in [2.75, 3.05) is 0 Å². The summed E-state index contributed by atoms with van der Waals surface area (Å²) in [6.07, 6.45) is 0.841. The molecule has 0 aliphatic carbocycles. The van der Waals surface area contributed by atoms with E-state index >= 15 is 0 Å². The van der Waals surface area contributed by atoms with Crippen molar-refractivity contribution >= 4 is 27.8 Å². The molecular formula is C25H33N3O3Si2. The van der Waals surface area contributed by atoms with Gasteiger partial charge in [-0.2, -0.15) is 10.2 Å². The summed E-state index contributed by atoms with van der Waals surface area (Å²) in [6.45, 7) is 9.59. The molecule has 0 bridgehead atoms. The molecule has 0 spiro atoms. The van der Waals surface area contributed by atoms with Crippen LogP contribution in [-0.2, 0) is 28.4 Å². The molecule has 3 rings (SSSR count). The van der Waals surface area contributed by atoms with Gasteiger partial charge in [0.2, 0.25) is 8.32 Å². The zero-order valence-electron chi connectivity index (χ0n) is 19.9. The largest absolute Gasteiger partial charge is 0.457 e. The Morgan fingerprint density at radius 1 is 0.879 bits per heavy atom. The maximum absolute atomic E-state index is 12.4. The molecular weight excluding hydrogens is 446 g/mol. The fraction of sp³-hybridized carbons (Fsp3) is 0.320. The summed E-state index contributed by atoms with van der Waals surface area (Å²) >= 11 is 0. The topological polar surface area (TPSA) is 87.3 Å². The van der Waals surface area contributed by atoms with Gasteiger partial charge in [0.05, 0.1) is 17.0 Å². The Hall–Kier alpha value is -2.66. The van der Waals surface area contributed by atoms with Crippen LogP contribution >= 0.6 is 0 Å². The molecule has 1 aromatic heterocycles. The smallest absolute Gasteiger partial charge is 0.338 e. The van der Waals surface area contributed by atoms with E-state index < -0.39 is 16.6 Å². The first-order chi connectivity index (χ1) is 15.7. The number of hydrogen-bond acceptors (Lipinski definition) is 6. The first-order valence-corrected chi connectivity index (χ1v) is 17.2. The van der Waals surface area contributed by atoms with E-state index in [1.807, 2.05) is 66.7 Å². The number of carbonyl (C=O) groups is 1. The normalized spacial score (nSPS) is 11.9. The molecule has 0 saturated carbocycles.